The highest BCUT2D eigenvalue weighted by Gasteiger charge is 2.20. The van der Waals surface area contributed by atoms with Crippen LogP contribution >= 0.6 is 0 Å². The average molecular weight is 295 g/mol. The number of aliphatic carboxylic acids is 1. The minimum absolute atomic E-state index is 0.552. The van der Waals surface area contributed by atoms with Gasteiger partial charge in [0, 0.05) is 6.54 Å². The van der Waals surface area contributed by atoms with Gasteiger partial charge < -0.3 is 5.11 Å². The van der Waals surface area contributed by atoms with E-state index in [2.05, 4.69) is 29.6 Å². The zero-order valence-electron chi connectivity index (χ0n) is 12.5. The van der Waals surface area contributed by atoms with E-state index >= 15 is 0 Å². The first-order valence-electron chi connectivity index (χ1n) is 7.84. The van der Waals surface area contributed by atoms with E-state index in [1.807, 2.05) is 30.3 Å². The highest BCUT2D eigenvalue weighted by atomic mass is 16.4. The van der Waals surface area contributed by atoms with E-state index in [0.29, 0.717) is 6.54 Å². The number of hydrogen-bond donors (Lipinski definition) is 2. The maximum atomic E-state index is 11.4. The van der Waals surface area contributed by atoms with E-state index in [9.17, 15) is 9.90 Å². The van der Waals surface area contributed by atoms with Gasteiger partial charge in [0.15, 0.2) is 0 Å². The molecule has 0 amide bonds. The number of carboxylic acid groups (broad SMARTS) is 1. The van der Waals surface area contributed by atoms with Crippen molar-refractivity contribution < 1.29 is 9.90 Å². The van der Waals surface area contributed by atoms with E-state index in [-0.39, 0.29) is 0 Å². The lowest BCUT2D eigenvalue weighted by atomic mass is 9.80. The predicted molar refractivity (Wildman–Crippen MR) is 86.7 cm³/mol. The molecular formula is C19H21NO2. The molecule has 2 aromatic carbocycles. The Bertz CT molecular complexity index is 618. The maximum Gasteiger partial charge on any atom is 0.325 e. The highest BCUT2D eigenvalue weighted by Crippen LogP contribution is 2.36. The molecule has 1 fully saturated rings. The van der Waals surface area contributed by atoms with Crippen LogP contribution in [-0.4, -0.2) is 11.1 Å². The van der Waals surface area contributed by atoms with Crippen LogP contribution in [0.5, 0.6) is 0 Å². The maximum absolute atomic E-state index is 11.4. The van der Waals surface area contributed by atoms with Crippen LogP contribution in [0.3, 0.4) is 0 Å². The number of hydrogen-bond acceptors (Lipinski definition) is 2. The summed E-state index contributed by atoms with van der Waals surface area (Å²) in [6.45, 7) is 0.552. The van der Waals surface area contributed by atoms with Gasteiger partial charge in [-0.05, 0) is 35.4 Å². The molecule has 0 spiro atoms. The third-order valence-electron chi connectivity index (χ3n) is 4.45. The molecule has 114 valence electrons. The molecular weight excluding hydrogens is 274 g/mol. The van der Waals surface area contributed by atoms with E-state index < -0.39 is 12.0 Å². The Morgan fingerprint density at radius 3 is 2.32 bits per heavy atom. The molecule has 0 unspecified atom stereocenters. The predicted octanol–water partition coefficient (Wildman–Crippen LogP) is 3.87. The van der Waals surface area contributed by atoms with Crippen LogP contribution < -0.4 is 5.32 Å². The fraction of sp³-hybridized carbons (Fsp3) is 0.316. The second-order valence-electron chi connectivity index (χ2n) is 5.93. The normalized spacial score (nSPS) is 16.0. The summed E-state index contributed by atoms with van der Waals surface area (Å²) < 4.78 is 0. The summed E-state index contributed by atoms with van der Waals surface area (Å²) in [5.41, 5.74) is 3.30. The van der Waals surface area contributed by atoms with E-state index in [1.165, 1.54) is 24.8 Å². The van der Waals surface area contributed by atoms with Crippen molar-refractivity contribution in [3.63, 3.8) is 0 Å². The van der Waals surface area contributed by atoms with Gasteiger partial charge in [0.2, 0.25) is 0 Å². The molecule has 0 heterocycles. The quantitative estimate of drug-likeness (QED) is 0.850. The second kappa shape index (κ2) is 6.75. The average Bonchev–Trinajstić information content (AvgIpc) is 2.48. The van der Waals surface area contributed by atoms with Crippen molar-refractivity contribution in [1.29, 1.82) is 0 Å². The largest absolute Gasteiger partial charge is 0.480 e. The van der Waals surface area contributed by atoms with Gasteiger partial charge in [-0.25, -0.2) is 0 Å². The van der Waals surface area contributed by atoms with Crippen molar-refractivity contribution in [3.05, 3.63) is 71.3 Å². The molecule has 2 N–H and O–H groups in total. The molecule has 0 aliphatic heterocycles. The summed E-state index contributed by atoms with van der Waals surface area (Å²) in [4.78, 5) is 11.4. The van der Waals surface area contributed by atoms with Gasteiger partial charge in [-0.15, -0.1) is 0 Å². The molecule has 22 heavy (non-hydrogen) atoms. The summed E-state index contributed by atoms with van der Waals surface area (Å²) in [6.07, 6.45) is 3.94. The van der Waals surface area contributed by atoms with Crippen LogP contribution in [0.15, 0.2) is 54.6 Å². The van der Waals surface area contributed by atoms with Gasteiger partial charge in [0.25, 0.3) is 0 Å². The highest BCUT2D eigenvalue weighted by molar-refractivity contribution is 5.75. The van der Waals surface area contributed by atoms with Crippen molar-refractivity contribution in [2.45, 2.75) is 37.8 Å². The first-order chi connectivity index (χ1) is 10.7. The molecule has 1 aliphatic rings. The van der Waals surface area contributed by atoms with Crippen LogP contribution in [0.4, 0.5) is 0 Å². The number of carbonyl (C=O) groups is 1. The first kappa shape index (κ1) is 14.8. The molecule has 1 saturated carbocycles. The third kappa shape index (κ3) is 3.37. The van der Waals surface area contributed by atoms with Crippen molar-refractivity contribution >= 4 is 5.97 Å². The molecule has 3 rings (SSSR count). The zero-order chi connectivity index (χ0) is 15.4. The smallest absolute Gasteiger partial charge is 0.325 e. The van der Waals surface area contributed by atoms with Crippen molar-refractivity contribution in [2.75, 3.05) is 0 Å². The third-order valence-corrected chi connectivity index (χ3v) is 4.45. The molecule has 0 bridgehead atoms. The van der Waals surface area contributed by atoms with Gasteiger partial charge in [-0.3, -0.25) is 10.1 Å². The van der Waals surface area contributed by atoms with Crippen LogP contribution in [0.25, 0.3) is 0 Å². The number of nitrogens with one attached hydrogen (secondary N) is 1. The summed E-state index contributed by atoms with van der Waals surface area (Å²) >= 11 is 0. The van der Waals surface area contributed by atoms with Crippen LogP contribution in [0.2, 0.25) is 0 Å². The standard InChI is InChI=1S/C19H21NO2/c21-19(22)18(17-5-2-1-3-6-17)20-13-14-9-11-16(12-10-14)15-7-4-8-15/h1-3,5-6,9-12,15,18,20H,4,7-8,13H2,(H,21,22)/t18-/m1/s1. The summed E-state index contributed by atoms with van der Waals surface area (Å²) in [7, 11) is 0. The molecule has 0 saturated heterocycles. The summed E-state index contributed by atoms with van der Waals surface area (Å²) in [6, 6.07) is 17.2. The van der Waals surface area contributed by atoms with Crippen LogP contribution in [0.1, 0.15) is 47.9 Å². The fourth-order valence-corrected chi connectivity index (χ4v) is 2.86. The first-order valence-corrected chi connectivity index (χ1v) is 7.84. The lowest BCUT2D eigenvalue weighted by Gasteiger charge is -2.25. The minimum Gasteiger partial charge on any atom is -0.480 e. The molecule has 1 aliphatic carbocycles. The molecule has 2 aromatic rings. The van der Waals surface area contributed by atoms with Gasteiger partial charge in [0.05, 0.1) is 0 Å². The Morgan fingerprint density at radius 1 is 1.09 bits per heavy atom. The Balaban J connectivity index is 1.63. The van der Waals surface area contributed by atoms with E-state index in [1.54, 1.807) is 0 Å². The van der Waals surface area contributed by atoms with Gasteiger partial charge in [0.1, 0.15) is 6.04 Å². The summed E-state index contributed by atoms with van der Waals surface area (Å²) in [5, 5.41) is 12.5. The fourth-order valence-electron chi connectivity index (χ4n) is 2.86. The summed E-state index contributed by atoms with van der Waals surface area (Å²) in [5.74, 6) is -0.115. The number of carboxylic acids is 1. The molecule has 3 nitrogen and oxygen atoms in total. The van der Waals surface area contributed by atoms with Gasteiger partial charge in [-0.2, -0.15) is 0 Å². The molecule has 1 atom stereocenters. The Hall–Kier alpha value is -2.13. The number of rotatable bonds is 6. The zero-order valence-corrected chi connectivity index (χ0v) is 12.5. The van der Waals surface area contributed by atoms with Crippen molar-refractivity contribution in [2.24, 2.45) is 0 Å². The van der Waals surface area contributed by atoms with Crippen molar-refractivity contribution in [1.82, 2.24) is 5.32 Å². The minimum atomic E-state index is -0.850. The Kier molecular flexibility index (Phi) is 4.54. The van der Waals surface area contributed by atoms with Crippen molar-refractivity contribution in [3.8, 4) is 0 Å². The molecule has 3 heteroatoms. The Labute approximate surface area is 131 Å². The van der Waals surface area contributed by atoms with E-state index in [0.717, 1.165) is 17.0 Å². The molecule has 0 aromatic heterocycles. The van der Waals surface area contributed by atoms with Crippen LogP contribution in [0, 0.1) is 0 Å². The Morgan fingerprint density at radius 2 is 1.77 bits per heavy atom. The second-order valence-corrected chi connectivity index (χ2v) is 5.93. The lowest BCUT2D eigenvalue weighted by molar-refractivity contribution is -0.139. The number of benzene rings is 2. The monoisotopic (exact) mass is 295 g/mol. The van der Waals surface area contributed by atoms with Gasteiger partial charge >= 0.3 is 5.97 Å². The SMILES string of the molecule is O=C(O)[C@H](NCc1ccc(C2CCC2)cc1)c1ccccc1. The molecule has 0 radical (unpaired) electrons. The van der Waals surface area contributed by atoms with E-state index in [4.69, 9.17) is 0 Å². The van der Waals surface area contributed by atoms with Gasteiger partial charge in [-0.1, -0.05) is 61.0 Å². The lowest BCUT2D eigenvalue weighted by Crippen LogP contribution is -2.28. The van der Waals surface area contributed by atoms with Crippen LogP contribution in [-0.2, 0) is 11.3 Å². The topological polar surface area (TPSA) is 49.3 Å².